The molecule has 0 bridgehead atoms. The second-order valence-electron chi connectivity index (χ2n) is 8.81. The molecule has 3 aromatic rings. The molecule has 0 spiro atoms. The first-order valence-corrected chi connectivity index (χ1v) is 10.8. The van der Waals surface area contributed by atoms with Crippen LogP contribution in [-0.4, -0.2) is 29.1 Å². The summed E-state index contributed by atoms with van der Waals surface area (Å²) >= 11 is 0. The minimum atomic E-state index is -0.163. The lowest BCUT2D eigenvalue weighted by Crippen LogP contribution is -2.31. The molecule has 2 atom stereocenters. The SMILES string of the molecule is Cc1cccc(C(c2ncno2)C2CCC(C(c3cccc(F)c3)N(C)C)CC2)c1. The second-order valence-corrected chi connectivity index (χ2v) is 8.81. The summed E-state index contributed by atoms with van der Waals surface area (Å²) in [7, 11) is 4.19. The standard InChI is InChI=1S/C25H30FN3O/c1-17-6-4-7-20(14-17)23(25-27-16-28-30-25)18-10-12-19(13-11-18)24(29(2)3)21-8-5-9-22(26)15-21/h4-9,14-16,18-19,23-24H,10-13H2,1-3H3. The number of hydrogen-bond donors (Lipinski definition) is 0. The molecule has 1 aliphatic rings. The zero-order valence-corrected chi connectivity index (χ0v) is 18.0. The number of nitrogens with zero attached hydrogens (tertiary/aromatic N) is 3. The van der Waals surface area contributed by atoms with E-state index in [2.05, 4.69) is 60.3 Å². The molecule has 4 nitrogen and oxygen atoms in total. The summed E-state index contributed by atoms with van der Waals surface area (Å²) < 4.78 is 19.4. The van der Waals surface area contributed by atoms with E-state index in [4.69, 9.17) is 4.52 Å². The summed E-state index contributed by atoms with van der Waals surface area (Å²) in [5, 5.41) is 3.87. The minimum absolute atomic E-state index is 0.125. The number of benzene rings is 2. The Morgan fingerprint density at radius 2 is 1.67 bits per heavy atom. The molecule has 5 heteroatoms. The van der Waals surface area contributed by atoms with Crippen molar-refractivity contribution >= 4 is 0 Å². The van der Waals surface area contributed by atoms with Crippen LogP contribution in [0.25, 0.3) is 0 Å². The van der Waals surface area contributed by atoms with Crippen molar-refractivity contribution in [2.24, 2.45) is 11.8 Å². The van der Waals surface area contributed by atoms with Crippen molar-refractivity contribution in [2.45, 2.75) is 44.6 Å². The molecular weight excluding hydrogens is 377 g/mol. The molecule has 0 N–H and O–H groups in total. The van der Waals surface area contributed by atoms with Gasteiger partial charge in [0.2, 0.25) is 5.89 Å². The van der Waals surface area contributed by atoms with Crippen molar-refractivity contribution < 1.29 is 8.91 Å². The monoisotopic (exact) mass is 407 g/mol. The maximum Gasteiger partial charge on any atom is 0.234 e. The van der Waals surface area contributed by atoms with E-state index in [1.54, 1.807) is 6.07 Å². The summed E-state index contributed by atoms with van der Waals surface area (Å²) in [5.41, 5.74) is 3.55. The smallest absolute Gasteiger partial charge is 0.234 e. The molecule has 1 saturated carbocycles. The molecule has 1 fully saturated rings. The lowest BCUT2D eigenvalue weighted by molar-refractivity contribution is 0.139. The molecule has 2 unspecified atom stereocenters. The topological polar surface area (TPSA) is 42.2 Å². The van der Waals surface area contributed by atoms with Crippen molar-refractivity contribution in [1.82, 2.24) is 15.0 Å². The van der Waals surface area contributed by atoms with Crippen LogP contribution in [0, 0.1) is 24.6 Å². The maximum absolute atomic E-state index is 13.9. The fraction of sp³-hybridized carbons (Fsp3) is 0.440. The molecular formula is C25H30FN3O. The van der Waals surface area contributed by atoms with E-state index in [1.807, 2.05) is 12.1 Å². The van der Waals surface area contributed by atoms with Gasteiger partial charge in [0.15, 0.2) is 6.33 Å². The fourth-order valence-corrected chi connectivity index (χ4v) is 5.28. The van der Waals surface area contributed by atoms with Crippen LogP contribution in [-0.2, 0) is 0 Å². The highest BCUT2D eigenvalue weighted by molar-refractivity contribution is 5.30. The number of halogens is 1. The zero-order valence-electron chi connectivity index (χ0n) is 18.0. The number of rotatable bonds is 6. The van der Waals surface area contributed by atoms with E-state index in [-0.39, 0.29) is 17.8 Å². The molecule has 158 valence electrons. The first-order chi connectivity index (χ1) is 14.5. The molecule has 2 aromatic carbocycles. The summed E-state index contributed by atoms with van der Waals surface area (Å²) in [6.07, 6.45) is 5.87. The van der Waals surface area contributed by atoms with Crippen molar-refractivity contribution in [3.05, 3.63) is 83.3 Å². The Morgan fingerprint density at radius 1 is 0.967 bits per heavy atom. The van der Waals surface area contributed by atoms with E-state index >= 15 is 0 Å². The fourth-order valence-electron chi connectivity index (χ4n) is 5.28. The van der Waals surface area contributed by atoms with Crippen molar-refractivity contribution in [3.8, 4) is 0 Å². The maximum atomic E-state index is 13.9. The molecule has 0 radical (unpaired) electrons. The molecule has 1 aliphatic carbocycles. The van der Waals surface area contributed by atoms with Gasteiger partial charge >= 0.3 is 0 Å². The molecule has 4 rings (SSSR count). The first kappa shape index (κ1) is 20.7. The summed E-state index contributed by atoms with van der Waals surface area (Å²) in [5.74, 6) is 1.63. The van der Waals surface area contributed by atoms with Gasteiger partial charge in [0.25, 0.3) is 0 Å². The highest BCUT2D eigenvalue weighted by Gasteiger charge is 2.36. The quantitative estimate of drug-likeness (QED) is 0.521. The Hall–Kier alpha value is -2.53. The Morgan fingerprint density at radius 3 is 2.30 bits per heavy atom. The van der Waals surface area contributed by atoms with Gasteiger partial charge in [-0.2, -0.15) is 4.98 Å². The third-order valence-electron chi connectivity index (χ3n) is 6.53. The Balaban J connectivity index is 1.54. The summed E-state index contributed by atoms with van der Waals surface area (Å²) in [6.45, 7) is 2.12. The summed E-state index contributed by atoms with van der Waals surface area (Å²) in [6, 6.07) is 15.9. The Kier molecular flexibility index (Phi) is 6.28. The number of hydrogen-bond acceptors (Lipinski definition) is 4. The molecule has 0 amide bonds. The third kappa shape index (κ3) is 4.46. The minimum Gasteiger partial charge on any atom is -0.339 e. The van der Waals surface area contributed by atoms with Crippen LogP contribution in [0.5, 0.6) is 0 Å². The van der Waals surface area contributed by atoms with Gasteiger partial charge in [-0.1, -0.05) is 47.1 Å². The van der Waals surface area contributed by atoms with Gasteiger partial charge in [0.05, 0.1) is 5.92 Å². The molecule has 0 aliphatic heterocycles. The normalized spacial score (nSPS) is 21.5. The van der Waals surface area contributed by atoms with E-state index in [0.29, 0.717) is 17.7 Å². The van der Waals surface area contributed by atoms with Crippen molar-refractivity contribution in [2.75, 3.05) is 14.1 Å². The molecule has 0 saturated heterocycles. The van der Waals surface area contributed by atoms with Gasteiger partial charge < -0.3 is 9.42 Å². The van der Waals surface area contributed by atoms with Crippen LogP contribution in [0.15, 0.2) is 59.4 Å². The van der Waals surface area contributed by atoms with Gasteiger partial charge in [-0.05, 0) is 81.8 Å². The third-order valence-corrected chi connectivity index (χ3v) is 6.53. The van der Waals surface area contributed by atoms with Gasteiger partial charge in [-0.3, -0.25) is 0 Å². The highest BCUT2D eigenvalue weighted by Crippen LogP contribution is 2.45. The van der Waals surface area contributed by atoms with Crippen LogP contribution in [0.2, 0.25) is 0 Å². The van der Waals surface area contributed by atoms with E-state index in [1.165, 1.54) is 23.5 Å². The lowest BCUT2D eigenvalue weighted by Gasteiger charge is -2.39. The lowest BCUT2D eigenvalue weighted by atomic mass is 9.70. The van der Waals surface area contributed by atoms with E-state index in [0.717, 1.165) is 31.2 Å². The highest BCUT2D eigenvalue weighted by atomic mass is 19.1. The van der Waals surface area contributed by atoms with Crippen LogP contribution in [0.4, 0.5) is 4.39 Å². The predicted octanol–water partition coefficient (Wildman–Crippen LogP) is 5.76. The van der Waals surface area contributed by atoms with Gasteiger partial charge in [0, 0.05) is 6.04 Å². The largest absolute Gasteiger partial charge is 0.339 e. The van der Waals surface area contributed by atoms with Gasteiger partial charge in [-0.15, -0.1) is 0 Å². The van der Waals surface area contributed by atoms with Crippen molar-refractivity contribution in [1.29, 1.82) is 0 Å². The Bertz CT molecular complexity index is 949. The second kappa shape index (κ2) is 9.09. The first-order valence-electron chi connectivity index (χ1n) is 10.8. The molecule has 30 heavy (non-hydrogen) atoms. The van der Waals surface area contributed by atoms with Crippen LogP contribution in [0.3, 0.4) is 0 Å². The van der Waals surface area contributed by atoms with Crippen LogP contribution >= 0.6 is 0 Å². The van der Waals surface area contributed by atoms with Gasteiger partial charge in [-0.25, -0.2) is 4.39 Å². The molecule has 1 heterocycles. The van der Waals surface area contributed by atoms with E-state index < -0.39 is 0 Å². The van der Waals surface area contributed by atoms with Crippen LogP contribution in [0.1, 0.15) is 60.2 Å². The summed E-state index contributed by atoms with van der Waals surface area (Å²) in [4.78, 5) is 6.64. The Labute approximate surface area is 178 Å². The molecule has 1 aromatic heterocycles. The predicted molar refractivity (Wildman–Crippen MR) is 116 cm³/mol. The number of aromatic nitrogens is 2. The van der Waals surface area contributed by atoms with Gasteiger partial charge in [0.1, 0.15) is 5.82 Å². The van der Waals surface area contributed by atoms with Crippen molar-refractivity contribution in [3.63, 3.8) is 0 Å². The zero-order chi connectivity index (χ0) is 21.1. The average molecular weight is 408 g/mol. The number of aryl methyl sites for hydroxylation is 1. The van der Waals surface area contributed by atoms with Crippen LogP contribution < -0.4 is 0 Å². The average Bonchev–Trinajstić information content (AvgIpc) is 3.24. The van der Waals surface area contributed by atoms with E-state index in [9.17, 15) is 4.39 Å².